The number of rotatable bonds is 4. The maximum atomic E-state index is 13.7. The van der Waals surface area contributed by atoms with Crippen LogP contribution in [-0.4, -0.2) is 19.7 Å². The Labute approximate surface area is 102 Å². The highest BCUT2D eigenvalue weighted by Gasteiger charge is 2.14. The van der Waals surface area contributed by atoms with Crippen LogP contribution in [0.25, 0.3) is 0 Å². The summed E-state index contributed by atoms with van der Waals surface area (Å²) >= 11 is 0. The standard InChI is InChI=1S/C14H20FNO/c1-2-17-14-4-3-12(10-13(14)15)9-11-5-7-16-8-6-11/h3-4,10-11,16H,2,5-9H2,1H3. The van der Waals surface area contributed by atoms with E-state index < -0.39 is 0 Å². The van der Waals surface area contributed by atoms with Crippen LogP contribution >= 0.6 is 0 Å². The average Bonchev–Trinajstić information content (AvgIpc) is 2.34. The summed E-state index contributed by atoms with van der Waals surface area (Å²) in [5.41, 5.74) is 1.08. The van der Waals surface area contributed by atoms with Gasteiger partial charge in [0.2, 0.25) is 0 Å². The molecular formula is C14H20FNO. The highest BCUT2D eigenvalue weighted by atomic mass is 19.1. The summed E-state index contributed by atoms with van der Waals surface area (Å²) < 4.78 is 18.9. The molecule has 0 amide bonds. The first kappa shape index (κ1) is 12.4. The van der Waals surface area contributed by atoms with Crippen LogP contribution in [0.3, 0.4) is 0 Å². The molecule has 0 spiro atoms. The molecule has 94 valence electrons. The number of benzene rings is 1. The van der Waals surface area contributed by atoms with E-state index in [-0.39, 0.29) is 5.82 Å². The molecule has 2 rings (SSSR count). The molecule has 1 aromatic rings. The van der Waals surface area contributed by atoms with Crippen molar-refractivity contribution in [1.82, 2.24) is 5.32 Å². The van der Waals surface area contributed by atoms with Crippen LogP contribution in [0.4, 0.5) is 4.39 Å². The van der Waals surface area contributed by atoms with Gasteiger partial charge in [-0.25, -0.2) is 4.39 Å². The summed E-state index contributed by atoms with van der Waals surface area (Å²) in [6, 6.07) is 5.35. The fourth-order valence-electron chi connectivity index (χ4n) is 2.36. The first-order valence-electron chi connectivity index (χ1n) is 6.41. The molecule has 1 aliphatic heterocycles. The van der Waals surface area contributed by atoms with Gasteiger partial charge in [-0.1, -0.05) is 6.07 Å². The number of hydrogen-bond donors (Lipinski definition) is 1. The molecule has 0 bridgehead atoms. The molecule has 0 aromatic heterocycles. The molecule has 0 atom stereocenters. The van der Waals surface area contributed by atoms with Gasteiger partial charge >= 0.3 is 0 Å². The number of piperidine rings is 1. The Balaban J connectivity index is 1.98. The quantitative estimate of drug-likeness (QED) is 0.869. The van der Waals surface area contributed by atoms with Crippen molar-refractivity contribution in [2.75, 3.05) is 19.7 Å². The lowest BCUT2D eigenvalue weighted by Gasteiger charge is -2.22. The molecule has 0 saturated carbocycles. The van der Waals surface area contributed by atoms with Crippen LogP contribution in [0, 0.1) is 11.7 Å². The SMILES string of the molecule is CCOc1ccc(CC2CCNCC2)cc1F. The molecule has 0 aliphatic carbocycles. The van der Waals surface area contributed by atoms with E-state index >= 15 is 0 Å². The van der Waals surface area contributed by atoms with Crippen molar-refractivity contribution >= 4 is 0 Å². The van der Waals surface area contributed by atoms with Crippen LogP contribution in [0.1, 0.15) is 25.3 Å². The highest BCUT2D eigenvalue weighted by Crippen LogP contribution is 2.22. The van der Waals surface area contributed by atoms with Gasteiger partial charge in [0.1, 0.15) is 0 Å². The van der Waals surface area contributed by atoms with Gasteiger partial charge in [0.25, 0.3) is 0 Å². The van der Waals surface area contributed by atoms with E-state index in [0.29, 0.717) is 18.3 Å². The van der Waals surface area contributed by atoms with Crippen LogP contribution in [0.5, 0.6) is 5.75 Å². The van der Waals surface area contributed by atoms with Crippen molar-refractivity contribution in [3.05, 3.63) is 29.6 Å². The molecule has 3 heteroatoms. The highest BCUT2D eigenvalue weighted by molar-refractivity contribution is 5.29. The second-order valence-corrected chi connectivity index (χ2v) is 4.60. The van der Waals surface area contributed by atoms with Gasteiger partial charge < -0.3 is 10.1 Å². The minimum absolute atomic E-state index is 0.238. The van der Waals surface area contributed by atoms with E-state index in [1.165, 1.54) is 12.8 Å². The van der Waals surface area contributed by atoms with Gasteiger partial charge in [0, 0.05) is 0 Å². The predicted octanol–water partition coefficient (Wildman–Crippen LogP) is 2.77. The van der Waals surface area contributed by atoms with Crippen LogP contribution in [0.15, 0.2) is 18.2 Å². The third-order valence-corrected chi connectivity index (χ3v) is 3.28. The molecule has 0 radical (unpaired) electrons. The van der Waals surface area contributed by atoms with Crippen molar-refractivity contribution in [3.8, 4) is 5.75 Å². The molecule has 0 unspecified atom stereocenters. The maximum Gasteiger partial charge on any atom is 0.165 e. The molecule has 1 fully saturated rings. The Morgan fingerprint density at radius 3 is 2.76 bits per heavy atom. The first-order valence-corrected chi connectivity index (χ1v) is 6.41. The monoisotopic (exact) mass is 237 g/mol. The van der Waals surface area contributed by atoms with Gasteiger partial charge in [0.15, 0.2) is 11.6 Å². The zero-order valence-corrected chi connectivity index (χ0v) is 10.3. The zero-order valence-electron chi connectivity index (χ0n) is 10.3. The van der Waals surface area contributed by atoms with Crippen LogP contribution in [0.2, 0.25) is 0 Å². The van der Waals surface area contributed by atoms with Crippen molar-refractivity contribution < 1.29 is 9.13 Å². The predicted molar refractivity (Wildman–Crippen MR) is 66.9 cm³/mol. The molecule has 1 N–H and O–H groups in total. The zero-order chi connectivity index (χ0) is 12.1. The lowest BCUT2D eigenvalue weighted by Crippen LogP contribution is -2.28. The molecule has 2 nitrogen and oxygen atoms in total. The summed E-state index contributed by atoms with van der Waals surface area (Å²) in [5, 5.41) is 3.34. The van der Waals surface area contributed by atoms with E-state index in [0.717, 1.165) is 25.1 Å². The Bertz CT molecular complexity index is 361. The van der Waals surface area contributed by atoms with E-state index in [2.05, 4.69) is 5.32 Å². The second-order valence-electron chi connectivity index (χ2n) is 4.60. The van der Waals surface area contributed by atoms with Gasteiger partial charge in [-0.3, -0.25) is 0 Å². The molecule has 17 heavy (non-hydrogen) atoms. The lowest BCUT2D eigenvalue weighted by molar-refractivity contribution is 0.320. The van der Waals surface area contributed by atoms with Crippen molar-refractivity contribution in [2.45, 2.75) is 26.2 Å². The van der Waals surface area contributed by atoms with E-state index in [1.54, 1.807) is 12.1 Å². The Kier molecular flexibility index (Phi) is 4.37. The Morgan fingerprint density at radius 2 is 2.12 bits per heavy atom. The van der Waals surface area contributed by atoms with Crippen LogP contribution in [-0.2, 0) is 6.42 Å². The molecule has 1 aliphatic rings. The summed E-state index contributed by atoms with van der Waals surface area (Å²) in [7, 11) is 0. The molecule has 1 aromatic carbocycles. The molecule has 1 saturated heterocycles. The Morgan fingerprint density at radius 1 is 1.35 bits per heavy atom. The minimum Gasteiger partial charge on any atom is -0.491 e. The van der Waals surface area contributed by atoms with Gasteiger partial charge in [-0.2, -0.15) is 0 Å². The second kappa shape index (κ2) is 6.01. The third-order valence-electron chi connectivity index (χ3n) is 3.28. The van der Waals surface area contributed by atoms with Gasteiger partial charge in [0.05, 0.1) is 6.61 Å². The fraction of sp³-hybridized carbons (Fsp3) is 0.571. The maximum absolute atomic E-state index is 13.7. The van der Waals surface area contributed by atoms with E-state index in [4.69, 9.17) is 4.74 Å². The third kappa shape index (κ3) is 3.43. The van der Waals surface area contributed by atoms with Crippen molar-refractivity contribution in [1.29, 1.82) is 0 Å². The van der Waals surface area contributed by atoms with Gasteiger partial charge in [-0.05, 0) is 62.9 Å². The van der Waals surface area contributed by atoms with Gasteiger partial charge in [-0.15, -0.1) is 0 Å². The number of hydrogen-bond acceptors (Lipinski definition) is 2. The van der Waals surface area contributed by atoms with E-state index in [9.17, 15) is 4.39 Å². The van der Waals surface area contributed by atoms with Crippen LogP contribution < -0.4 is 10.1 Å². The summed E-state index contributed by atoms with van der Waals surface area (Å²) in [4.78, 5) is 0. The fourth-order valence-corrected chi connectivity index (χ4v) is 2.36. The average molecular weight is 237 g/mol. The normalized spacial score (nSPS) is 17.1. The summed E-state index contributed by atoms with van der Waals surface area (Å²) in [6.07, 6.45) is 3.36. The number of ether oxygens (including phenoxy) is 1. The smallest absolute Gasteiger partial charge is 0.165 e. The number of halogens is 1. The lowest BCUT2D eigenvalue weighted by atomic mass is 9.91. The van der Waals surface area contributed by atoms with E-state index in [1.807, 2.05) is 13.0 Å². The van der Waals surface area contributed by atoms with Crippen molar-refractivity contribution in [2.24, 2.45) is 5.92 Å². The number of nitrogens with one attached hydrogen (secondary N) is 1. The molecule has 1 heterocycles. The Hall–Kier alpha value is -1.09. The van der Waals surface area contributed by atoms with Crippen molar-refractivity contribution in [3.63, 3.8) is 0 Å². The molecular weight excluding hydrogens is 217 g/mol. The summed E-state index contributed by atoms with van der Waals surface area (Å²) in [6.45, 7) is 4.54. The topological polar surface area (TPSA) is 21.3 Å². The largest absolute Gasteiger partial charge is 0.491 e. The summed E-state index contributed by atoms with van der Waals surface area (Å²) in [5.74, 6) is 0.813. The first-order chi connectivity index (χ1) is 8.29. The minimum atomic E-state index is -0.238.